The largest absolute Gasteiger partial charge is 0.465 e. The van der Waals surface area contributed by atoms with Crippen molar-refractivity contribution in [3.63, 3.8) is 0 Å². The number of imide groups is 1. The van der Waals surface area contributed by atoms with Crippen LogP contribution in [0, 0.1) is 0 Å². The van der Waals surface area contributed by atoms with Crippen LogP contribution in [-0.2, 0) is 33.5 Å². The molecular formula is C36H44N4O5Si. The van der Waals surface area contributed by atoms with Crippen molar-refractivity contribution in [3.8, 4) is 0 Å². The van der Waals surface area contributed by atoms with Crippen LogP contribution in [0.15, 0.2) is 48.8 Å². The zero-order chi connectivity index (χ0) is 32.9. The summed E-state index contributed by atoms with van der Waals surface area (Å²) in [7, 11) is -1.90. The fraction of sp³-hybridized carbons (Fsp3) is 0.417. The first-order valence-electron chi connectivity index (χ1n) is 16.4. The van der Waals surface area contributed by atoms with Crippen molar-refractivity contribution < 1.29 is 23.9 Å². The number of hydrogen-bond donors (Lipinski definition) is 3. The van der Waals surface area contributed by atoms with Gasteiger partial charge in [-0.25, -0.2) is 4.79 Å². The van der Waals surface area contributed by atoms with Crippen LogP contribution in [0.3, 0.4) is 0 Å². The van der Waals surface area contributed by atoms with Gasteiger partial charge in [0.15, 0.2) is 8.32 Å². The zero-order valence-electron chi connectivity index (χ0n) is 27.6. The summed E-state index contributed by atoms with van der Waals surface area (Å²) in [4.78, 5) is 43.2. The Kier molecular flexibility index (Phi) is 8.45. The molecule has 10 heteroatoms. The number of fused-ring (bicyclic) bond motifs is 1. The lowest BCUT2D eigenvalue weighted by Gasteiger charge is -2.42. The first kappa shape index (κ1) is 31.8. The summed E-state index contributed by atoms with van der Waals surface area (Å²) < 4.78 is 8.77. The zero-order valence-corrected chi connectivity index (χ0v) is 28.6. The molecule has 3 N–H and O–H groups in total. The van der Waals surface area contributed by atoms with Crippen molar-refractivity contribution in [1.29, 1.82) is 0 Å². The van der Waals surface area contributed by atoms with Gasteiger partial charge in [0.1, 0.15) is 0 Å². The fourth-order valence-corrected chi connectivity index (χ4v) is 13.6. The Labute approximate surface area is 270 Å². The number of carbonyl (C=O) groups excluding carboxylic acids is 2. The summed E-state index contributed by atoms with van der Waals surface area (Å²) in [6.07, 6.45) is 4.56. The Morgan fingerprint density at radius 3 is 2.30 bits per heavy atom. The van der Waals surface area contributed by atoms with E-state index in [0.29, 0.717) is 52.0 Å². The normalized spacial score (nSPS) is 15.7. The molecule has 2 aliphatic heterocycles. The molecule has 0 saturated heterocycles. The van der Waals surface area contributed by atoms with E-state index in [2.05, 4.69) is 64.0 Å². The maximum Gasteiger partial charge on any atom is 0.407 e. The van der Waals surface area contributed by atoms with Crippen LogP contribution < -0.4 is 5.32 Å². The predicted octanol–water partition coefficient (Wildman–Crippen LogP) is 7.31. The molecule has 0 unspecified atom stereocenters. The average Bonchev–Trinajstić information content (AvgIpc) is 3.61. The molecule has 0 spiro atoms. The third-order valence-corrected chi connectivity index (χ3v) is 16.2. The van der Waals surface area contributed by atoms with Crippen molar-refractivity contribution in [2.75, 3.05) is 13.2 Å². The highest BCUT2D eigenvalue weighted by molar-refractivity contribution is 6.77. The van der Waals surface area contributed by atoms with Crippen molar-refractivity contribution in [2.45, 2.75) is 84.1 Å². The molecule has 2 aromatic heterocycles. The average molecular weight is 641 g/mol. The smallest absolute Gasteiger partial charge is 0.407 e. The Morgan fingerprint density at radius 1 is 0.935 bits per heavy atom. The molecule has 4 heterocycles. The third-order valence-electron chi connectivity index (χ3n) is 10.1. The minimum Gasteiger partial charge on any atom is -0.465 e. The number of nitrogens with one attached hydrogen (secondary N) is 2. The first-order chi connectivity index (χ1) is 21.9. The molecular weight excluding hydrogens is 597 g/mol. The summed E-state index contributed by atoms with van der Waals surface area (Å²) >= 11 is 0. The van der Waals surface area contributed by atoms with Gasteiger partial charge < -0.3 is 24.0 Å². The van der Waals surface area contributed by atoms with E-state index in [1.165, 1.54) is 10.5 Å². The van der Waals surface area contributed by atoms with Crippen molar-refractivity contribution >= 4 is 59.2 Å². The van der Waals surface area contributed by atoms with Gasteiger partial charge in [0, 0.05) is 59.5 Å². The van der Waals surface area contributed by atoms with E-state index in [1.807, 2.05) is 41.2 Å². The number of hydrogen-bond acceptors (Lipinski definition) is 4. The number of para-hydroxylation sites is 1. The summed E-state index contributed by atoms with van der Waals surface area (Å²) in [5.41, 5.74) is 7.58. The van der Waals surface area contributed by atoms with Crippen LogP contribution in [0.2, 0.25) is 16.6 Å². The number of aromatic amines is 1. The van der Waals surface area contributed by atoms with E-state index < -0.39 is 26.2 Å². The van der Waals surface area contributed by atoms with Gasteiger partial charge in [-0.05, 0) is 46.7 Å². The van der Waals surface area contributed by atoms with Crippen LogP contribution in [0.5, 0.6) is 0 Å². The van der Waals surface area contributed by atoms with Gasteiger partial charge in [-0.3, -0.25) is 14.9 Å². The predicted molar refractivity (Wildman–Crippen MR) is 184 cm³/mol. The Bertz CT molecular complexity index is 1860. The summed E-state index contributed by atoms with van der Waals surface area (Å²) in [5.74, 6) is -0.847. The van der Waals surface area contributed by atoms with E-state index >= 15 is 0 Å². The second kappa shape index (κ2) is 12.2. The van der Waals surface area contributed by atoms with E-state index in [-0.39, 0.29) is 6.54 Å². The lowest BCUT2D eigenvalue weighted by atomic mass is 9.94. The number of aromatic nitrogens is 2. The van der Waals surface area contributed by atoms with Crippen molar-refractivity contribution in [2.24, 2.45) is 0 Å². The second-order valence-electron chi connectivity index (χ2n) is 13.6. The third kappa shape index (κ3) is 5.27. The van der Waals surface area contributed by atoms with Crippen LogP contribution in [0.4, 0.5) is 4.79 Å². The van der Waals surface area contributed by atoms with Crippen LogP contribution in [0.1, 0.15) is 70.2 Å². The lowest BCUT2D eigenvalue weighted by molar-refractivity contribution is -0.122. The van der Waals surface area contributed by atoms with Gasteiger partial charge >= 0.3 is 6.09 Å². The monoisotopic (exact) mass is 640 g/mol. The number of aryl methyl sites for hydroxylation is 1. The van der Waals surface area contributed by atoms with E-state index in [9.17, 15) is 19.5 Å². The molecule has 2 aliphatic rings. The molecule has 46 heavy (non-hydrogen) atoms. The molecule has 0 bridgehead atoms. The van der Waals surface area contributed by atoms with Gasteiger partial charge in [-0.15, -0.1) is 0 Å². The van der Waals surface area contributed by atoms with Crippen LogP contribution in [-0.4, -0.2) is 58.9 Å². The molecule has 4 aromatic rings. The van der Waals surface area contributed by atoms with E-state index in [0.717, 1.165) is 46.8 Å². The quantitative estimate of drug-likeness (QED) is 0.0955. The molecule has 3 amide bonds. The standard InChI is InChI=1S/C36H44N4O5Si/c1-21(2)46(22(3)4,23(5)6)45-16-8-9-24-12-13-26-28(18-37-30(26)17-24)31-32(35(42)38-34(31)41)29-20-39-14-15-40(36(43)44)19-25-10-7-11-27(29)33(25)39/h7,10-13,17-18,20-23,37H,8-9,14-16,19H2,1-6H3,(H,43,44)(H,38,41,42). The van der Waals surface area contributed by atoms with Gasteiger partial charge in [0.05, 0.1) is 23.2 Å². The van der Waals surface area contributed by atoms with Gasteiger partial charge in [0.2, 0.25) is 0 Å². The summed E-state index contributed by atoms with van der Waals surface area (Å²) in [6, 6.07) is 12.0. The number of carbonyl (C=O) groups is 3. The maximum absolute atomic E-state index is 13.4. The molecule has 6 rings (SSSR count). The number of amides is 3. The molecule has 0 atom stereocenters. The topological polar surface area (TPSA) is 117 Å². The second-order valence-corrected chi connectivity index (χ2v) is 19.1. The van der Waals surface area contributed by atoms with Crippen molar-refractivity contribution in [1.82, 2.24) is 19.8 Å². The van der Waals surface area contributed by atoms with Gasteiger partial charge in [0.25, 0.3) is 11.8 Å². The van der Waals surface area contributed by atoms with Crippen LogP contribution in [0.25, 0.3) is 33.0 Å². The Morgan fingerprint density at radius 2 is 1.63 bits per heavy atom. The number of rotatable bonds is 10. The molecule has 242 valence electrons. The van der Waals surface area contributed by atoms with Gasteiger partial charge in [-0.1, -0.05) is 71.9 Å². The molecule has 0 fully saturated rings. The molecule has 0 aliphatic carbocycles. The first-order valence-corrected chi connectivity index (χ1v) is 18.5. The number of carboxylic acid groups (broad SMARTS) is 1. The molecule has 9 nitrogen and oxygen atoms in total. The number of nitrogens with zero attached hydrogens (tertiary/aromatic N) is 2. The Balaban J connectivity index is 1.30. The highest BCUT2D eigenvalue weighted by Crippen LogP contribution is 2.43. The maximum atomic E-state index is 13.4. The molecule has 0 saturated carbocycles. The molecule has 0 radical (unpaired) electrons. The van der Waals surface area contributed by atoms with E-state index in [1.54, 1.807) is 0 Å². The minimum absolute atomic E-state index is 0.264. The molecule has 2 aromatic carbocycles. The van der Waals surface area contributed by atoms with E-state index in [4.69, 9.17) is 4.43 Å². The lowest BCUT2D eigenvalue weighted by Crippen LogP contribution is -2.48. The van der Waals surface area contributed by atoms with Crippen molar-refractivity contribution in [3.05, 3.63) is 71.0 Å². The highest BCUT2D eigenvalue weighted by Gasteiger charge is 2.44. The Hall–Kier alpha value is -4.15. The minimum atomic E-state index is -1.90. The number of benzene rings is 2. The SMILES string of the molecule is CC(C)[Si](OCCCc1ccc2c(C3=C(c4cn5c6c(cccc46)CN(C(=O)O)CC5)C(=O)NC3=O)c[nH]c2c1)(C(C)C)C(C)C. The number of H-pyrrole nitrogens is 1. The van der Waals surface area contributed by atoms with Crippen LogP contribution >= 0.6 is 0 Å². The highest BCUT2D eigenvalue weighted by atomic mass is 28.4. The van der Waals surface area contributed by atoms with Gasteiger partial charge in [-0.2, -0.15) is 0 Å². The fourth-order valence-electron chi connectivity index (χ4n) is 8.15. The summed E-state index contributed by atoms with van der Waals surface area (Å²) in [5, 5.41) is 13.9. The summed E-state index contributed by atoms with van der Waals surface area (Å²) in [6.45, 7) is 15.6.